The number of thiophene rings is 1. The van der Waals surface area contributed by atoms with E-state index in [2.05, 4.69) is 21.2 Å². The summed E-state index contributed by atoms with van der Waals surface area (Å²) < 4.78 is 6.06. The van der Waals surface area contributed by atoms with Gasteiger partial charge in [-0.1, -0.05) is 39.7 Å². The van der Waals surface area contributed by atoms with Crippen molar-refractivity contribution in [3.8, 4) is 11.1 Å². The third-order valence-electron chi connectivity index (χ3n) is 4.06. The zero-order chi connectivity index (χ0) is 21.8. The van der Waals surface area contributed by atoms with Gasteiger partial charge in [0.2, 0.25) is 0 Å². The van der Waals surface area contributed by atoms with E-state index in [9.17, 15) is 19.7 Å². The van der Waals surface area contributed by atoms with Crippen molar-refractivity contribution in [3.05, 3.63) is 78.6 Å². The highest BCUT2D eigenvalue weighted by Crippen LogP contribution is 2.37. The van der Waals surface area contributed by atoms with Gasteiger partial charge < -0.3 is 10.1 Å². The summed E-state index contributed by atoms with van der Waals surface area (Å²) in [5, 5.41) is 15.5. The fourth-order valence-electron chi connectivity index (χ4n) is 2.67. The van der Waals surface area contributed by atoms with Crippen molar-refractivity contribution in [3.63, 3.8) is 0 Å². The number of anilines is 1. The molecule has 1 heterocycles. The second-order valence-corrected chi connectivity index (χ2v) is 8.16. The zero-order valence-corrected chi connectivity index (χ0v) is 18.6. The topological polar surface area (TPSA) is 98.5 Å². The molecule has 0 fully saturated rings. The highest BCUT2D eigenvalue weighted by molar-refractivity contribution is 9.10. The number of hydrogen-bond donors (Lipinski definition) is 1. The number of halogens is 2. The molecular weight excluding hydrogens is 496 g/mol. The Bertz CT molecular complexity index is 1130. The predicted octanol–water partition coefficient (Wildman–Crippen LogP) is 6.17. The Labute approximate surface area is 188 Å². The number of hydrogen-bond acceptors (Lipinski definition) is 6. The van der Waals surface area contributed by atoms with Crippen LogP contribution in [0.5, 0.6) is 0 Å². The van der Waals surface area contributed by atoms with E-state index in [1.54, 1.807) is 12.3 Å². The quantitative estimate of drug-likeness (QED) is 0.243. The van der Waals surface area contributed by atoms with Crippen LogP contribution in [0.25, 0.3) is 11.1 Å². The van der Waals surface area contributed by atoms with Gasteiger partial charge >= 0.3 is 5.97 Å². The maximum absolute atomic E-state index is 12.7. The number of esters is 1. The van der Waals surface area contributed by atoms with Crippen molar-refractivity contribution < 1.29 is 19.2 Å². The van der Waals surface area contributed by atoms with Crippen molar-refractivity contribution in [2.75, 3.05) is 11.9 Å². The fraction of sp³-hybridized carbons (Fsp3) is 0.100. The Kier molecular flexibility index (Phi) is 6.86. The summed E-state index contributed by atoms with van der Waals surface area (Å²) in [5.74, 6) is -1.16. The smallest absolute Gasteiger partial charge is 0.341 e. The van der Waals surface area contributed by atoms with Crippen molar-refractivity contribution in [1.82, 2.24) is 0 Å². The molecule has 0 saturated carbocycles. The lowest BCUT2D eigenvalue weighted by atomic mass is 10.0. The summed E-state index contributed by atoms with van der Waals surface area (Å²) in [6.45, 7) is 1.87. The van der Waals surface area contributed by atoms with E-state index in [0.29, 0.717) is 10.6 Å². The van der Waals surface area contributed by atoms with Crippen LogP contribution in [0, 0.1) is 10.1 Å². The first-order chi connectivity index (χ1) is 14.3. The van der Waals surface area contributed by atoms with Gasteiger partial charge in [-0.2, -0.15) is 0 Å². The van der Waals surface area contributed by atoms with Crippen LogP contribution in [0.2, 0.25) is 5.02 Å². The molecular formula is C20H14BrClN2O5S. The fourth-order valence-corrected chi connectivity index (χ4v) is 4.15. The number of carbonyl (C=O) groups excluding carboxylic acids is 2. The lowest BCUT2D eigenvalue weighted by molar-refractivity contribution is -0.384. The molecule has 3 rings (SSSR count). The first kappa shape index (κ1) is 21.9. The first-order valence-electron chi connectivity index (χ1n) is 8.61. The van der Waals surface area contributed by atoms with E-state index in [1.165, 1.54) is 23.5 Å². The second-order valence-electron chi connectivity index (χ2n) is 5.96. The largest absolute Gasteiger partial charge is 0.462 e. The third-order valence-corrected chi connectivity index (χ3v) is 5.80. The summed E-state index contributed by atoms with van der Waals surface area (Å²) in [4.78, 5) is 35.6. The van der Waals surface area contributed by atoms with Gasteiger partial charge in [0, 0.05) is 27.5 Å². The lowest BCUT2D eigenvalue weighted by Gasteiger charge is -2.09. The SMILES string of the molecule is CCOC(=O)c1c(-c2ccc(Br)cc2)csc1NC(=O)c1ccc([N+](=O)[O-])cc1Cl. The van der Waals surface area contributed by atoms with Crippen molar-refractivity contribution in [1.29, 1.82) is 0 Å². The van der Waals surface area contributed by atoms with E-state index >= 15 is 0 Å². The Morgan fingerprint density at radius 1 is 1.23 bits per heavy atom. The molecule has 0 aliphatic carbocycles. The number of ether oxygens (including phenoxy) is 1. The number of nitro groups is 1. The number of non-ortho nitro benzene ring substituents is 1. The lowest BCUT2D eigenvalue weighted by Crippen LogP contribution is -2.15. The van der Waals surface area contributed by atoms with E-state index in [-0.39, 0.29) is 28.4 Å². The van der Waals surface area contributed by atoms with E-state index < -0.39 is 16.8 Å². The summed E-state index contributed by atoms with van der Waals surface area (Å²) in [6.07, 6.45) is 0. The normalized spacial score (nSPS) is 10.5. The molecule has 0 radical (unpaired) electrons. The highest BCUT2D eigenvalue weighted by Gasteiger charge is 2.24. The van der Waals surface area contributed by atoms with E-state index in [0.717, 1.165) is 16.1 Å². The molecule has 1 aromatic heterocycles. The molecule has 0 aliphatic heterocycles. The molecule has 0 saturated heterocycles. The average molecular weight is 510 g/mol. The van der Waals surface area contributed by atoms with Crippen molar-refractivity contribution >= 4 is 61.4 Å². The number of amides is 1. The number of nitro benzene ring substituents is 1. The number of nitrogens with zero attached hydrogens (tertiary/aromatic N) is 1. The molecule has 0 atom stereocenters. The minimum absolute atomic E-state index is 0.0515. The highest BCUT2D eigenvalue weighted by atomic mass is 79.9. The van der Waals surface area contributed by atoms with Gasteiger partial charge in [-0.15, -0.1) is 11.3 Å². The molecule has 7 nitrogen and oxygen atoms in total. The van der Waals surface area contributed by atoms with Crippen LogP contribution >= 0.6 is 38.9 Å². The monoisotopic (exact) mass is 508 g/mol. The van der Waals surface area contributed by atoms with Crippen LogP contribution in [0.15, 0.2) is 52.3 Å². The number of benzene rings is 2. The average Bonchev–Trinajstić information content (AvgIpc) is 3.12. The van der Waals surface area contributed by atoms with E-state index in [1.807, 2.05) is 24.3 Å². The molecule has 2 aromatic carbocycles. The van der Waals surface area contributed by atoms with Gasteiger partial charge in [-0.3, -0.25) is 14.9 Å². The molecule has 0 unspecified atom stereocenters. The second kappa shape index (κ2) is 9.38. The predicted molar refractivity (Wildman–Crippen MR) is 119 cm³/mol. The minimum Gasteiger partial charge on any atom is -0.462 e. The standard InChI is InChI=1S/C20H14BrClN2O5S/c1-2-29-20(26)17-15(11-3-5-12(21)6-4-11)10-30-19(17)23-18(25)14-8-7-13(24(27)28)9-16(14)22/h3-10H,2H2,1H3,(H,23,25). The molecule has 1 amide bonds. The summed E-state index contributed by atoms with van der Waals surface area (Å²) in [6, 6.07) is 10.9. The van der Waals surface area contributed by atoms with Gasteiger partial charge in [0.15, 0.2) is 0 Å². The maximum Gasteiger partial charge on any atom is 0.341 e. The summed E-state index contributed by atoms with van der Waals surface area (Å²) >= 11 is 10.6. The molecule has 30 heavy (non-hydrogen) atoms. The zero-order valence-electron chi connectivity index (χ0n) is 15.5. The Morgan fingerprint density at radius 3 is 2.53 bits per heavy atom. The van der Waals surface area contributed by atoms with Crippen LogP contribution in [-0.2, 0) is 4.74 Å². The molecule has 0 bridgehead atoms. The molecule has 1 N–H and O–H groups in total. The van der Waals surface area contributed by atoms with Crippen molar-refractivity contribution in [2.45, 2.75) is 6.92 Å². The molecule has 154 valence electrons. The van der Waals surface area contributed by atoms with Crippen LogP contribution in [0.3, 0.4) is 0 Å². The maximum atomic E-state index is 12.7. The Hall–Kier alpha value is -2.75. The van der Waals surface area contributed by atoms with Gasteiger partial charge in [-0.25, -0.2) is 4.79 Å². The number of rotatable bonds is 6. The van der Waals surface area contributed by atoms with Crippen LogP contribution in [0.1, 0.15) is 27.6 Å². The minimum atomic E-state index is -0.601. The van der Waals surface area contributed by atoms with Gasteiger partial charge in [-0.05, 0) is 30.7 Å². The van der Waals surface area contributed by atoms with Gasteiger partial charge in [0.25, 0.3) is 11.6 Å². The van der Waals surface area contributed by atoms with Crippen LogP contribution in [-0.4, -0.2) is 23.4 Å². The Balaban J connectivity index is 1.97. The molecule has 10 heteroatoms. The summed E-state index contributed by atoms with van der Waals surface area (Å²) in [7, 11) is 0. The molecule has 0 spiro atoms. The van der Waals surface area contributed by atoms with Crippen molar-refractivity contribution in [2.24, 2.45) is 0 Å². The van der Waals surface area contributed by atoms with E-state index in [4.69, 9.17) is 16.3 Å². The van der Waals surface area contributed by atoms with Gasteiger partial charge in [0.05, 0.1) is 22.1 Å². The molecule has 0 aliphatic rings. The number of carbonyl (C=O) groups is 2. The molecule has 3 aromatic rings. The summed E-state index contributed by atoms with van der Waals surface area (Å²) in [5.41, 5.74) is 1.46. The third kappa shape index (κ3) is 4.69. The Morgan fingerprint density at radius 2 is 1.93 bits per heavy atom. The number of nitrogens with one attached hydrogen (secondary N) is 1. The van der Waals surface area contributed by atoms with Crippen LogP contribution in [0.4, 0.5) is 10.7 Å². The van der Waals surface area contributed by atoms with Gasteiger partial charge in [0.1, 0.15) is 10.6 Å². The van der Waals surface area contributed by atoms with Crippen LogP contribution < -0.4 is 5.32 Å². The first-order valence-corrected chi connectivity index (χ1v) is 10.7.